The first-order valence-corrected chi connectivity index (χ1v) is 9.23. The minimum atomic E-state index is 0.0156. The molecule has 3 rings (SSSR count). The smallest absolute Gasteiger partial charge is 0.223 e. The molecule has 6 nitrogen and oxygen atoms in total. The third-order valence-electron chi connectivity index (χ3n) is 4.05. The number of carbonyl (C=O) groups excluding carboxylic acids is 1. The fourth-order valence-corrected chi connectivity index (χ4v) is 3.61. The zero-order valence-corrected chi connectivity index (χ0v) is 14.4. The van der Waals surface area contributed by atoms with Gasteiger partial charge in [-0.15, -0.1) is 11.8 Å². The van der Waals surface area contributed by atoms with Crippen LogP contribution in [-0.4, -0.2) is 67.8 Å². The Bertz CT molecular complexity index is 568. The van der Waals surface area contributed by atoms with Crippen LogP contribution in [0.5, 0.6) is 11.5 Å². The molecular weight excluding hydrogens is 330 g/mol. The molecule has 0 radical (unpaired) electrons. The SMILES string of the molecule is O=C(CCSc1ccc2c(c1)OCCO2)N1CCOC[C@@H](CO)C1. The van der Waals surface area contributed by atoms with E-state index < -0.39 is 0 Å². The summed E-state index contributed by atoms with van der Waals surface area (Å²) >= 11 is 1.63. The molecule has 1 saturated heterocycles. The molecule has 1 aromatic carbocycles. The summed E-state index contributed by atoms with van der Waals surface area (Å²) in [5.74, 6) is 2.39. The molecule has 0 bridgehead atoms. The van der Waals surface area contributed by atoms with E-state index in [2.05, 4.69) is 0 Å². The second-order valence-electron chi connectivity index (χ2n) is 5.87. The van der Waals surface area contributed by atoms with Crippen LogP contribution in [0.2, 0.25) is 0 Å². The molecular formula is C17H23NO5S. The molecule has 2 heterocycles. The Morgan fingerprint density at radius 1 is 1.25 bits per heavy atom. The van der Waals surface area contributed by atoms with Crippen LogP contribution < -0.4 is 9.47 Å². The third-order valence-corrected chi connectivity index (χ3v) is 5.04. The first kappa shape index (κ1) is 17.4. The van der Waals surface area contributed by atoms with Gasteiger partial charge in [0.05, 0.1) is 13.2 Å². The summed E-state index contributed by atoms with van der Waals surface area (Å²) < 4.78 is 16.5. The van der Waals surface area contributed by atoms with Crippen molar-refractivity contribution in [2.24, 2.45) is 5.92 Å². The monoisotopic (exact) mass is 353 g/mol. The number of aliphatic hydroxyl groups is 1. The van der Waals surface area contributed by atoms with Crippen molar-refractivity contribution in [3.63, 3.8) is 0 Å². The second-order valence-corrected chi connectivity index (χ2v) is 7.04. The Hall–Kier alpha value is -1.44. The van der Waals surface area contributed by atoms with Crippen molar-refractivity contribution in [1.29, 1.82) is 0 Å². The van der Waals surface area contributed by atoms with E-state index in [0.717, 1.165) is 16.4 Å². The van der Waals surface area contributed by atoms with Gasteiger partial charge >= 0.3 is 0 Å². The van der Waals surface area contributed by atoms with Crippen LogP contribution in [0.15, 0.2) is 23.1 Å². The lowest BCUT2D eigenvalue weighted by Gasteiger charge is -2.22. The van der Waals surface area contributed by atoms with Crippen LogP contribution in [0.3, 0.4) is 0 Å². The summed E-state index contributed by atoms with van der Waals surface area (Å²) in [6.45, 7) is 3.44. The predicted molar refractivity (Wildman–Crippen MR) is 90.7 cm³/mol. The van der Waals surface area contributed by atoms with Gasteiger partial charge in [0.25, 0.3) is 0 Å². The molecule has 0 spiro atoms. The standard InChI is InChI=1S/C17H23NO5S/c19-11-13-10-18(4-5-21-12-13)17(20)3-8-24-14-1-2-15-16(9-14)23-7-6-22-15/h1-2,9,13,19H,3-8,10-12H2/t13-/m1/s1. The van der Waals surface area contributed by atoms with Crippen molar-refractivity contribution in [1.82, 2.24) is 4.90 Å². The Morgan fingerprint density at radius 2 is 2.08 bits per heavy atom. The lowest BCUT2D eigenvalue weighted by atomic mass is 10.1. The van der Waals surface area contributed by atoms with Gasteiger partial charge in [-0.2, -0.15) is 0 Å². The molecule has 2 aliphatic heterocycles. The number of nitrogens with zero attached hydrogens (tertiary/aromatic N) is 1. The Balaban J connectivity index is 1.48. The van der Waals surface area contributed by atoms with E-state index in [1.165, 1.54) is 0 Å². The number of hydrogen-bond acceptors (Lipinski definition) is 6. The summed E-state index contributed by atoms with van der Waals surface area (Å²) in [6.07, 6.45) is 0.470. The van der Waals surface area contributed by atoms with Gasteiger partial charge in [0.15, 0.2) is 11.5 Å². The van der Waals surface area contributed by atoms with Crippen LogP contribution in [0.25, 0.3) is 0 Å². The highest BCUT2D eigenvalue weighted by molar-refractivity contribution is 7.99. The van der Waals surface area contributed by atoms with E-state index in [1.807, 2.05) is 18.2 Å². The average molecular weight is 353 g/mol. The van der Waals surface area contributed by atoms with Gasteiger partial charge < -0.3 is 24.2 Å². The summed E-state index contributed by atoms with van der Waals surface area (Å²) in [5, 5.41) is 9.29. The molecule has 0 aliphatic carbocycles. The van der Waals surface area contributed by atoms with Crippen molar-refractivity contribution in [2.45, 2.75) is 11.3 Å². The zero-order valence-electron chi connectivity index (χ0n) is 13.6. The van der Waals surface area contributed by atoms with Gasteiger partial charge in [-0.05, 0) is 18.2 Å². The maximum absolute atomic E-state index is 12.4. The fraction of sp³-hybridized carbons (Fsp3) is 0.588. The number of benzene rings is 1. The lowest BCUT2D eigenvalue weighted by Crippen LogP contribution is -2.36. The van der Waals surface area contributed by atoms with Crippen LogP contribution in [0, 0.1) is 5.92 Å². The molecule has 1 atom stereocenters. The number of carbonyl (C=O) groups is 1. The van der Waals surface area contributed by atoms with Gasteiger partial charge in [0.2, 0.25) is 5.91 Å². The molecule has 132 valence electrons. The molecule has 1 fully saturated rings. The quantitative estimate of drug-likeness (QED) is 0.808. The minimum absolute atomic E-state index is 0.0156. The van der Waals surface area contributed by atoms with Crippen LogP contribution in [-0.2, 0) is 9.53 Å². The number of rotatable bonds is 5. The number of ether oxygens (including phenoxy) is 3. The van der Waals surface area contributed by atoms with E-state index >= 15 is 0 Å². The van der Waals surface area contributed by atoms with Crippen molar-refractivity contribution in [2.75, 3.05) is 51.9 Å². The average Bonchev–Trinajstić information content (AvgIpc) is 2.87. The van der Waals surface area contributed by atoms with Crippen molar-refractivity contribution >= 4 is 17.7 Å². The normalized spacial score (nSPS) is 20.5. The molecule has 0 saturated carbocycles. The van der Waals surface area contributed by atoms with E-state index in [-0.39, 0.29) is 18.4 Å². The molecule has 2 aliphatic rings. The highest BCUT2D eigenvalue weighted by atomic mass is 32.2. The van der Waals surface area contributed by atoms with Gasteiger partial charge in [-0.3, -0.25) is 4.79 Å². The topological polar surface area (TPSA) is 68.2 Å². The highest BCUT2D eigenvalue weighted by Crippen LogP contribution is 2.34. The van der Waals surface area contributed by atoms with Crippen molar-refractivity contribution in [3.8, 4) is 11.5 Å². The minimum Gasteiger partial charge on any atom is -0.486 e. The fourth-order valence-electron chi connectivity index (χ4n) is 2.75. The van der Waals surface area contributed by atoms with Crippen LogP contribution in [0.4, 0.5) is 0 Å². The van der Waals surface area contributed by atoms with E-state index in [9.17, 15) is 9.90 Å². The van der Waals surface area contributed by atoms with E-state index in [1.54, 1.807) is 16.7 Å². The maximum atomic E-state index is 12.4. The van der Waals surface area contributed by atoms with E-state index in [0.29, 0.717) is 51.7 Å². The first-order chi connectivity index (χ1) is 11.8. The summed E-state index contributed by atoms with van der Waals surface area (Å²) in [7, 11) is 0. The molecule has 7 heteroatoms. The van der Waals surface area contributed by atoms with Crippen molar-refractivity contribution < 1.29 is 24.1 Å². The number of hydrogen-bond donors (Lipinski definition) is 1. The summed E-state index contributed by atoms with van der Waals surface area (Å²) in [6, 6.07) is 5.87. The van der Waals surface area contributed by atoms with Crippen LogP contribution >= 0.6 is 11.8 Å². The molecule has 0 unspecified atom stereocenters. The van der Waals surface area contributed by atoms with Gasteiger partial charge in [-0.1, -0.05) is 0 Å². The van der Waals surface area contributed by atoms with Crippen molar-refractivity contribution in [3.05, 3.63) is 18.2 Å². The Labute approximate surface area is 146 Å². The molecule has 1 amide bonds. The largest absolute Gasteiger partial charge is 0.486 e. The maximum Gasteiger partial charge on any atom is 0.223 e. The molecule has 0 aromatic heterocycles. The Morgan fingerprint density at radius 3 is 2.92 bits per heavy atom. The van der Waals surface area contributed by atoms with Gasteiger partial charge in [0, 0.05) is 42.7 Å². The molecule has 1 N–H and O–H groups in total. The zero-order chi connectivity index (χ0) is 16.8. The Kier molecular flexibility index (Phi) is 6.23. The van der Waals surface area contributed by atoms with Crippen LogP contribution in [0.1, 0.15) is 6.42 Å². The second kappa shape index (κ2) is 8.60. The number of thioether (sulfide) groups is 1. The third kappa shape index (κ3) is 4.55. The summed E-state index contributed by atoms with van der Waals surface area (Å²) in [5.41, 5.74) is 0. The van der Waals surface area contributed by atoms with Gasteiger partial charge in [0.1, 0.15) is 13.2 Å². The predicted octanol–water partition coefficient (Wildman–Crippen LogP) is 1.41. The lowest BCUT2D eigenvalue weighted by molar-refractivity contribution is -0.131. The first-order valence-electron chi connectivity index (χ1n) is 8.25. The molecule has 24 heavy (non-hydrogen) atoms. The number of fused-ring (bicyclic) bond motifs is 1. The van der Waals surface area contributed by atoms with E-state index in [4.69, 9.17) is 14.2 Å². The number of amides is 1. The highest BCUT2D eigenvalue weighted by Gasteiger charge is 2.21. The number of aliphatic hydroxyl groups excluding tert-OH is 1. The molecule has 1 aromatic rings. The van der Waals surface area contributed by atoms with Gasteiger partial charge in [-0.25, -0.2) is 0 Å². The summed E-state index contributed by atoms with van der Waals surface area (Å²) in [4.78, 5) is 15.2.